The molecular weight excluding hydrogens is 558 g/mol. The normalized spacial score (nSPS) is 11.1. The molecule has 0 fully saturated rings. The number of amides is 1. The van der Waals surface area contributed by atoms with E-state index in [0.29, 0.717) is 22.0 Å². The minimum absolute atomic E-state index is 0.147. The molecule has 0 atom stereocenters. The summed E-state index contributed by atoms with van der Waals surface area (Å²) in [6.45, 7) is 0.275. The molecule has 0 aliphatic carbocycles. The van der Waals surface area contributed by atoms with Crippen molar-refractivity contribution in [3.05, 3.63) is 95.9 Å². The van der Waals surface area contributed by atoms with E-state index in [9.17, 15) is 10.1 Å². The van der Waals surface area contributed by atoms with Gasteiger partial charge in [0.1, 0.15) is 18.2 Å². The summed E-state index contributed by atoms with van der Waals surface area (Å²) in [5, 5.41) is 13.2. The van der Waals surface area contributed by atoms with Crippen molar-refractivity contribution in [3.8, 4) is 11.8 Å². The Morgan fingerprint density at radius 2 is 1.62 bits per heavy atom. The van der Waals surface area contributed by atoms with Gasteiger partial charge in [0.15, 0.2) is 5.75 Å². The van der Waals surface area contributed by atoms with Gasteiger partial charge in [-0.15, -0.1) is 0 Å². The monoisotopic (exact) mass is 568 g/mol. The van der Waals surface area contributed by atoms with Gasteiger partial charge in [-0.3, -0.25) is 4.79 Å². The molecule has 0 saturated heterocycles. The Labute approximate surface area is 213 Å². The van der Waals surface area contributed by atoms with Crippen molar-refractivity contribution in [1.82, 2.24) is 0 Å². The average molecular weight is 571 g/mol. The fourth-order valence-electron chi connectivity index (χ4n) is 2.62. The standard InChI is InChI=1S/C23H13BrCl4N2O2/c24-16-3-1-13(2-4-16)12-32-22-20(27)8-14(9-21(22)28)7-15(11-29)23(31)30-17-5-6-18(25)19(26)10-17/h1-10H,12H2,(H,30,31)/b15-7+. The molecule has 0 unspecified atom stereocenters. The van der Waals surface area contributed by atoms with Crippen molar-refractivity contribution >= 4 is 80.0 Å². The Bertz CT molecular complexity index is 1210. The van der Waals surface area contributed by atoms with Crippen LogP contribution >= 0.6 is 62.3 Å². The number of hydrogen-bond donors (Lipinski definition) is 1. The second-order valence-corrected chi connectivity index (χ2v) is 9.03. The van der Waals surface area contributed by atoms with Gasteiger partial charge in [0, 0.05) is 10.2 Å². The molecule has 162 valence electrons. The largest absolute Gasteiger partial charge is 0.486 e. The lowest BCUT2D eigenvalue weighted by molar-refractivity contribution is -0.112. The van der Waals surface area contributed by atoms with E-state index in [1.165, 1.54) is 12.1 Å². The van der Waals surface area contributed by atoms with E-state index in [1.54, 1.807) is 24.3 Å². The molecule has 0 radical (unpaired) electrons. The summed E-state index contributed by atoms with van der Waals surface area (Å²) in [6, 6.07) is 17.2. The Hall–Kier alpha value is -2.20. The maximum absolute atomic E-state index is 12.5. The third-order valence-electron chi connectivity index (χ3n) is 4.17. The van der Waals surface area contributed by atoms with Crippen LogP contribution in [-0.4, -0.2) is 5.91 Å². The zero-order valence-electron chi connectivity index (χ0n) is 16.1. The zero-order chi connectivity index (χ0) is 23.3. The van der Waals surface area contributed by atoms with Crippen LogP contribution < -0.4 is 10.1 Å². The Balaban J connectivity index is 1.77. The molecule has 0 saturated carbocycles. The molecule has 4 nitrogen and oxygen atoms in total. The van der Waals surface area contributed by atoms with Gasteiger partial charge < -0.3 is 10.1 Å². The number of ether oxygens (including phenoxy) is 1. The molecule has 3 rings (SSSR count). The number of nitrogens with one attached hydrogen (secondary N) is 1. The molecule has 0 aromatic heterocycles. The summed E-state index contributed by atoms with van der Waals surface area (Å²) >= 11 is 27.9. The van der Waals surface area contributed by atoms with Crippen LogP contribution in [0.2, 0.25) is 20.1 Å². The first-order valence-electron chi connectivity index (χ1n) is 9.01. The highest BCUT2D eigenvalue weighted by atomic mass is 79.9. The van der Waals surface area contributed by atoms with E-state index in [0.717, 1.165) is 10.0 Å². The summed E-state index contributed by atoms with van der Waals surface area (Å²) < 4.78 is 6.72. The number of carbonyl (C=O) groups is 1. The van der Waals surface area contributed by atoms with Gasteiger partial charge in [0.25, 0.3) is 5.91 Å². The molecule has 3 aromatic carbocycles. The number of carbonyl (C=O) groups excluding carboxylic acids is 1. The number of hydrogen-bond acceptors (Lipinski definition) is 3. The first-order valence-corrected chi connectivity index (χ1v) is 11.3. The highest BCUT2D eigenvalue weighted by molar-refractivity contribution is 9.10. The summed E-state index contributed by atoms with van der Waals surface area (Å²) in [4.78, 5) is 12.5. The van der Waals surface area contributed by atoms with Crippen molar-refractivity contribution < 1.29 is 9.53 Å². The number of halogens is 5. The van der Waals surface area contributed by atoms with Crippen LogP contribution in [0.1, 0.15) is 11.1 Å². The second kappa shape index (κ2) is 11.1. The molecule has 0 spiro atoms. The second-order valence-electron chi connectivity index (χ2n) is 6.48. The molecule has 1 amide bonds. The number of nitrogens with zero attached hydrogens (tertiary/aromatic N) is 1. The molecule has 1 N–H and O–H groups in total. The molecular formula is C23H13BrCl4N2O2. The molecule has 32 heavy (non-hydrogen) atoms. The van der Waals surface area contributed by atoms with Crippen molar-refractivity contribution in [1.29, 1.82) is 5.26 Å². The Morgan fingerprint density at radius 1 is 0.969 bits per heavy atom. The number of nitriles is 1. The lowest BCUT2D eigenvalue weighted by Crippen LogP contribution is -2.13. The lowest BCUT2D eigenvalue weighted by atomic mass is 10.1. The molecule has 0 heterocycles. The van der Waals surface area contributed by atoms with Crippen molar-refractivity contribution in [3.63, 3.8) is 0 Å². The summed E-state index contributed by atoms with van der Waals surface area (Å²) in [7, 11) is 0. The van der Waals surface area contributed by atoms with Gasteiger partial charge in [-0.2, -0.15) is 5.26 Å². The quantitative estimate of drug-likeness (QED) is 0.240. The summed E-state index contributed by atoms with van der Waals surface area (Å²) in [5.41, 5.74) is 1.66. The third-order valence-corrected chi connectivity index (χ3v) is 6.00. The van der Waals surface area contributed by atoms with Gasteiger partial charge in [-0.25, -0.2) is 0 Å². The molecule has 9 heteroatoms. The number of anilines is 1. The Morgan fingerprint density at radius 3 is 2.22 bits per heavy atom. The van der Waals surface area contributed by atoms with Gasteiger partial charge >= 0.3 is 0 Å². The smallest absolute Gasteiger partial charge is 0.266 e. The van der Waals surface area contributed by atoms with E-state index >= 15 is 0 Å². The number of rotatable bonds is 6. The maximum Gasteiger partial charge on any atom is 0.266 e. The fourth-order valence-corrected chi connectivity index (χ4v) is 3.80. The summed E-state index contributed by atoms with van der Waals surface area (Å²) in [5.74, 6) is -0.305. The van der Waals surface area contributed by atoms with Crippen LogP contribution in [0, 0.1) is 11.3 Å². The molecule has 0 bridgehead atoms. The van der Waals surface area contributed by atoms with Crippen molar-refractivity contribution in [2.75, 3.05) is 5.32 Å². The van der Waals surface area contributed by atoms with E-state index in [-0.39, 0.29) is 27.2 Å². The third kappa shape index (κ3) is 6.41. The van der Waals surface area contributed by atoms with E-state index in [4.69, 9.17) is 51.1 Å². The van der Waals surface area contributed by atoms with Gasteiger partial charge in [0.2, 0.25) is 0 Å². The van der Waals surface area contributed by atoms with Gasteiger partial charge in [0.05, 0.1) is 20.1 Å². The topological polar surface area (TPSA) is 62.1 Å². The molecule has 0 aliphatic rings. The van der Waals surface area contributed by atoms with Gasteiger partial charge in [-0.1, -0.05) is 74.5 Å². The lowest BCUT2D eigenvalue weighted by Gasteiger charge is -2.11. The molecule has 3 aromatic rings. The highest BCUT2D eigenvalue weighted by Gasteiger charge is 2.14. The van der Waals surface area contributed by atoms with Crippen molar-refractivity contribution in [2.45, 2.75) is 6.61 Å². The minimum Gasteiger partial charge on any atom is -0.486 e. The first-order chi connectivity index (χ1) is 15.3. The maximum atomic E-state index is 12.5. The van der Waals surface area contributed by atoms with Crippen LogP contribution in [0.5, 0.6) is 5.75 Å². The SMILES string of the molecule is N#C/C(=C\c1cc(Cl)c(OCc2ccc(Br)cc2)c(Cl)c1)C(=O)Nc1ccc(Cl)c(Cl)c1. The van der Waals surface area contributed by atoms with Crippen LogP contribution in [0.4, 0.5) is 5.69 Å². The van der Waals surface area contributed by atoms with E-state index in [2.05, 4.69) is 21.2 Å². The number of benzene rings is 3. The Kier molecular flexibility index (Phi) is 8.47. The molecule has 0 aliphatic heterocycles. The van der Waals surface area contributed by atoms with Gasteiger partial charge in [-0.05, 0) is 59.7 Å². The highest BCUT2D eigenvalue weighted by Crippen LogP contribution is 2.35. The van der Waals surface area contributed by atoms with Crippen LogP contribution in [0.25, 0.3) is 6.08 Å². The van der Waals surface area contributed by atoms with E-state index < -0.39 is 5.91 Å². The predicted molar refractivity (Wildman–Crippen MR) is 134 cm³/mol. The zero-order valence-corrected chi connectivity index (χ0v) is 20.7. The van der Waals surface area contributed by atoms with E-state index in [1.807, 2.05) is 30.3 Å². The van der Waals surface area contributed by atoms with Crippen LogP contribution in [0.15, 0.2) is 64.6 Å². The van der Waals surface area contributed by atoms with Crippen LogP contribution in [0.3, 0.4) is 0 Å². The minimum atomic E-state index is -0.617. The average Bonchev–Trinajstić information content (AvgIpc) is 2.75. The predicted octanol–water partition coefficient (Wildman–Crippen LogP) is 8.19. The van der Waals surface area contributed by atoms with Crippen LogP contribution in [-0.2, 0) is 11.4 Å². The van der Waals surface area contributed by atoms with Crippen molar-refractivity contribution in [2.24, 2.45) is 0 Å². The summed E-state index contributed by atoms with van der Waals surface area (Å²) in [6.07, 6.45) is 1.38. The fraction of sp³-hybridized carbons (Fsp3) is 0.0435. The first kappa shape index (κ1) is 24.4.